The number of nitrogens with one attached hydrogen (secondary N) is 1. The van der Waals surface area contributed by atoms with Crippen molar-refractivity contribution in [2.24, 2.45) is 16.5 Å². The van der Waals surface area contributed by atoms with Crippen LogP contribution in [0.25, 0.3) is 0 Å². The van der Waals surface area contributed by atoms with Crippen molar-refractivity contribution in [3.05, 3.63) is 65.2 Å². The molecular formula is C19H22N4O4. The summed E-state index contributed by atoms with van der Waals surface area (Å²) in [6.45, 7) is 0.266. The van der Waals surface area contributed by atoms with E-state index in [9.17, 15) is 9.59 Å². The van der Waals surface area contributed by atoms with E-state index in [2.05, 4.69) is 10.3 Å². The van der Waals surface area contributed by atoms with Crippen LogP contribution in [0.1, 0.15) is 21.5 Å². The lowest BCUT2D eigenvalue weighted by atomic mass is 10.0. The molecule has 0 radical (unpaired) electrons. The van der Waals surface area contributed by atoms with Crippen molar-refractivity contribution in [3.8, 4) is 5.75 Å². The number of ether oxygens (including phenoxy) is 1. The molecule has 0 aliphatic carbocycles. The van der Waals surface area contributed by atoms with Crippen LogP contribution in [0, 0.1) is 0 Å². The fourth-order valence-corrected chi connectivity index (χ4v) is 2.37. The maximum Gasteiger partial charge on any atom is 0.320 e. The summed E-state index contributed by atoms with van der Waals surface area (Å²) >= 11 is 0. The highest BCUT2D eigenvalue weighted by Crippen LogP contribution is 2.17. The summed E-state index contributed by atoms with van der Waals surface area (Å²) in [5, 5.41) is 11.3. The normalized spacial score (nSPS) is 12.3. The molecule has 0 aliphatic rings. The summed E-state index contributed by atoms with van der Waals surface area (Å²) in [6.07, 6.45) is 0.180. The van der Waals surface area contributed by atoms with Gasteiger partial charge >= 0.3 is 5.97 Å². The Bertz CT molecular complexity index is 834. The van der Waals surface area contributed by atoms with Crippen LogP contribution in [0.15, 0.2) is 53.5 Å². The minimum atomic E-state index is -1.07. The quantitative estimate of drug-likeness (QED) is 0.421. The first-order valence-electron chi connectivity index (χ1n) is 8.21. The van der Waals surface area contributed by atoms with Crippen molar-refractivity contribution < 1.29 is 19.4 Å². The Morgan fingerprint density at radius 1 is 1.19 bits per heavy atom. The van der Waals surface area contributed by atoms with Gasteiger partial charge in [-0.25, -0.2) is 4.99 Å². The zero-order valence-corrected chi connectivity index (χ0v) is 14.9. The van der Waals surface area contributed by atoms with Gasteiger partial charge in [0, 0.05) is 11.1 Å². The number of aliphatic carboxylic acids is 1. The van der Waals surface area contributed by atoms with Crippen LogP contribution in [-0.4, -0.2) is 36.1 Å². The van der Waals surface area contributed by atoms with Crippen LogP contribution in [0.5, 0.6) is 5.75 Å². The minimum absolute atomic E-state index is 0.0112. The standard InChI is InChI=1S/C19H22N4O4/c1-27-16-5-3-2-4-14(16)11-22-19(21)23-17(24)13-8-6-12(7-9-13)10-15(20)18(25)26/h2-9,15H,10-11,20H2,1H3,(H,25,26)(H3,21,22,23,24). The molecule has 1 atom stereocenters. The fraction of sp³-hybridized carbons (Fsp3) is 0.211. The van der Waals surface area contributed by atoms with E-state index in [1.54, 1.807) is 31.4 Å². The van der Waals surface area contributed by atoms with Gasteiger partial charge in [0.2, 0.25) is 0 Å². The van der Waals surface area contributed by atoms with E-state index in [1.165, 1.54) is 0 Å². The van der Waals surface area contributed by atoms with E-state index in [4.69, 9.17) is 21.3 Å². The number of guanidine groups is 1. The lowest BCUT2D eigenvalue weighted by Crippen LogP contribution is -2.36. The van der Waals surface area contributed by atoms with E-state index in [-0.39, 0.29) is 18.9 Å². The van der Waals surface area contributed by atoms with Crippen LogP contribution in [0.3, 0.4) is 0 Å². The molecule has 8 heteroatoms. The number of methoxy groups -OCH3 is 1. The monoisotopic (exact) mass is 370 g/mol. The second kappa shape index (κ2) is 9.35. The van der Waals surface area contributed by atoms with E-state index in [0.29, 0.717) is 11.3 Å². The number of aliphatic imine (C=N–C) groups is 1. The molecule has 0 saturated carbocycles. The Balaban J connectivity index is 1.96. The average Bonchev–Trinajstić information content (AvgIpc) is 2.67. The lowest BCUT2D eigenvalue weighted by Gasteiger charge is -2.09. The van der Waals surface area contributed by atoms with Crippen molar-refractivity contribution in [2.75, 3.05) is 7.11 Å². The van der Waals surface area contributed by atoms with Crippen molar-refractivity contribution in [1.82, 2.24) is 5.32 Å². The minimum Gasteiger partial charge on any atom is -0.496 e. The first-order valence-corrected chi connectivity index (χ1v) is 8.21. The van der Waals surface area contributed by atoms with Crippen molar-refractivity contribution in [2.45, 2.75) is 19.0 Å². The summed E-state index contributed by atoms with van der Waals surface area (Å²) in [5.74, 6) is -0.806. The van der Waals surface area contributed by atoms with Gasteiger partial charge in [0.1, 0.15) is 11.8 Å². The predicted molar refractivity (Wildman–Crippen MR) is 102 cm³/mol. The zero-order valence-electron chi connectivity index (χ0n) is 14.9. The highest BCUT2D eigenvalue weighted by atomic mass is 16.5. The molecular weight excluding hydrogens is 348 g/mol. The second-order valence-corrected chi connectivity index (χ2v) is 5.81. The maximum atomic E-state index is 12.2. The number of hydrogen-bond acceptors (Lipinski definition) is 5. The number of nitrogens with two attached hydrogens (primary N) is 2. The molecule has 1 unspecified atom stereocenters. The number of carbonyl (C=O) groups is 2. The number of benzene rings is 2. The number of hydrogen-bond donors (Lipinski definition) is 4. The molecule has 2 aromatic rings. The number of nitrogens with zero attached hydrogens (tertiary/aromatic N) is 1. The predicted octanol–water partition coefficient (Wildman–Crippen LogP) is 0.894. The Labute approximate surface area is 156 Å². The topological polar surface area (TPSA) is 140 Å². The van der Waals surface area contributed by atoms with Gasteiger partial charge in [-0.15, -0.1) is 0 Å². The third-order valence-corrected chi connectivity index (χ3v) is 3.84. The molecule has 0 heterocycles. The fourth-order valence-electron chi connectivity index (χ4n) is 2.37. The van der Waals surface area contributed by atoms with Gasteiger partial charge < -0.3 is 21.3 Å². The summed E-state index contributed by atoms with van der Waals surface area (Å²) < 4.78 is 5.24. The number of carboxylic acid groups (broad SMARTS) is 1. The summed E-state index contributed by atoms with van der Waals surface area (Å²) in [4.78, 5) is 27.1. The number of amides is 1. The van der Waals surface area contributed by atoms with E-state index in [1.807, 2.05) is 24.3 Å². The molecule has 0 aromatic heterocycles. The van der Waals surface area contributed by atoms with Crippen LogP contribution in [-0.2, 0) is 17.8 Å². The van der Waals surface area contributed by atoms with Gasteiger partial charge in [-0.2, -0.15) is 0 Å². The maximum absolute atomic E-state index is 12.2. The zero-order chi connectivity index (χ0) is 19.8. The van der Waals surface area contributed by atoms with Gasteiger partial charge in [-0.3, -0.25) is 14.9 Å². The van der Waals surface area contributed by atoms with Gasteiger partial charge in [0.05, 0.1) is 13.7 Å². The highest BCUT2D eigenvalue weighted by molar-refractivity contribution is 6.05. The molecule has 2 aromatic carbocycles. The van der Waals surface area contributed by atoms with E-state index >= 15 is 0 Å². The van der Waals surface area contributed by atoms with Gasteiger partial charge in [-0.1, -0.05) is 30.3 Å². The summed E-state index contributed by atoms with van der Waals surface area (Å²) in [7, 11) is 1.57. The second-order valence-electron chi connectivity index (χ2n) is 5.81. The lowest BCUT2D eigenvalue weighted by molar-refractivity contribution is -0.138. The Morgan fingerprint density at radius 2 is 1.85 bits per heavy atom. The summed E-state index contributed by atoms with van der Waals surface area (Å²) in [5.41, 5.74) is 13.2. The molecule has 0 saturated heterocycles. The molecule has 0 fully saturated rings. The Kier molecular flexibility index (Phi) is 6.90. The van der Waals surface area contributed by atoms with Crippen LogP contribution < -0.4 is 21.5 Å². The van der Waals surface area contributed by atoms with Gasteiger partial charge in [0.25, 0.3) is 5.91 Å². The molecule has 2 rings (SSSR count). The number of carbonyl (C=O) groups excluding carboxylic acids is 1. The Hall–Kier alpha value is -3.39. The number of carboxylic acids is 1. The molecule has 0 spiro atoms. The molecule has 0 aliphatic heterocycles. The van der Waals surface area contributed by atoms with E-state index in [0.717, 1.165) is 11.1 Å². The molecule has 142 valence electrons. The molecule has 1 amide bonds. The van der Waals surface area contributed by atoms with Crippen molar-refractivity contribution in [3.63, 3.8) is 0 Å². The van der Waals surface area contributed by atoms with Crippen LogP contribution in [0.4, 0.5) is 0 Å². The SMILES string of the molecule is COc1ccccc1CN=C(N)NC(=O)c1ccc(CC(N)C(=O)O)cc1. The molecule has 0 bridgehead atoms. The largest absolute Gasteiger partial charge is 0.496 e. The molecule has 8 nitrogen and oxygen atoms in total. The highest BCUT2D eigenvalue weighted by Gasteiger charge is 2.13. The number of rotatable bonds is 7. The van der Waals surface area contributed by atoms with Crippen LogP contribution >= 0.6 is 0 Å². The van der Waals surface area contributed by atoms with Crippen molar-refractivity contribution >= 4 is 17.8 Å². The molecule has 6 N–H and O–H groups in total. The van der Waals surface area contributed by atoms with Crippen molar-refractivity contribution in [1.29, 1.82) is 0 Å². The average molecular weight is 370 g/mol. The first-order chi connectivity index (χ1) is 12.9. The van der Waals surface area contributed by atoms with Gasteiger partial charge in [0.15, 0.2) is 5.96 Å². The third-order valence-electron chi connectivity index (χ3n) is 3.84. The van der Waals surface area contributed by atoms with Gasteiger partial charge in [-0.05, 0) is 30.2 Å². The smallest absolute Gasteiger partial charge is 0.320 e. The summed E-state index contributed by atoms with van der Waals surface area (Å²) in [6, 6.07) is 12.9. The Morgan fingerprint density at radius 3 is 2.48 bits per heavy atom. The number of para-hydroxylation sites is 1. The first kappa shape index (κ1) is 19.9. The third kappa shape index (κ3) is 5.82. The van der Waals surface area contributed by atoms with Crippen LogP contribution in [0.2, 0.25) is 0 Å². The van der Waals surface area contributed by atoms with E-state index < -0.39 is 17.9 Å². The molecule has 27 heavy (non-hydrogen) atoms.